The summed E-state index contributed by atoms with van der Waals surface area (Å²) in [6, 6.07) is 0. The van der Waals surface area contributed by atoms with Gasteiger partial charge in [-0.05, 0) is 70.6 Å². The fraction of sp³-hybridized carbons (Fsp3) is 0.857. The summed E-state index contributed by atoms with van der Waals surface area (Å²) < 4.78 is 16.9. The van der Waals surface area contributed by atoms with Crippen molar-refractivity contribution < 1.29 is 28.6 Å². The molecule has 1 unspecified atom stereocenters. The number of carbonyl (C=O) groups is 3. The van der Waals surface area contributed by atoms with Gasteiger partial charge in [0, 0.05) is 19.3 Å². The zero-order valence-corrected chi connectivity index (χ0v) is 46.3. The van der Waals surface area contributed by atoms with Crippen LogP contribution in [0.1, 0.15) is 329 Å². The Morgan fingerprint density at radius 1 is 0.290 bits per heavy atom. The minimum atomic E-state index is -0.780. The Morgan fingerprint density at radius 3 is 0.812 bits per heavy atom. The second-order valence-electron chi connectivity index (χ2n) is 20.6. The number of rotatable bonds is 56. The van der Waals surface area contributed by atoms with Crippen molar-refractivity contribution >= 4 is 17.9 Å². The molecule has 1 atom stereocenters. The third-order valence-electron chi connectivity index (χ3n) is 13.6. The van der Waals surface area contributed by atoms with Gasteiger partial charge < -0.3 is 14.2 Å². The van der Waals surface area contributed by atoms with E-state index >= 15 is 0 Å². The number of carbonyl (C=O) groups excluding carboxylic acids is 3. The van der Waals surface area contributed by atoms with Crippen molar-refractivity contribution in [2.24, 2.45) is 0 Å². The minimum Gasteiger partial charge on any atom is -0.462 e. The van der Waals surface area contributed by atoms with Crippen molar-refractivity contribution in [2.75, 3.05) is 13.2 Å². The fourth-order valence-corrected chi connectivity index (χ4v) is 9.02. The molecule has 0 aromatic heterocycles. The first-order chi connectivity index (χ1) is 34.0. The summed E-state index contributed by atoms with van der Waals surface area (Å²) in [5, 5.41) is 0. The van der Waals surface area contributed by atoms with Gasteiger partial charge in [0.1, 0.15) is 13.2 Å². The molecule has 0 N–H and O–H groups in total. The number of allylic oxidation sites excluding steroid dienone is 6. The van der Waals surface area contributed by atoms with Crippen LogP contribution in [0.4, 0.5) is 0 Å². The molecule has 0 rings (SSSR count). The standard InChI is InChI=1S/C63H116O6/c1-4-7-10-13-16-19-22-25-28-30-32-34-35-38-41-44-47-50-53-56-62(65)68-59-60(58-67-61(64)55-52-49-46-43-40-37-27-24-21-18-15-12-9-6-3)69-63(66)57-54-51-48-45-42-39-36-33-31-29-26-23-20-17-14-11-8-5-2/h29-33,36,60H,4-28,34-35,37-59H2,1-3H3/b31-29-,32-30-,36-33-. The molecule has 0 radical (unpaired) electrons. The molecule has 0 heterocycles. The maximum absolute atomic E-state index is 12.9. The Morgan fingerprint density at radius 2 is 0.522 bits per heavy atom. The monoisotopic (exact) mass is 969 g/mol. The Kier molecular flexibility index (Phi) is 56.2. The highest BCUT2D eigenvalue weighted by molar-refractivity contribution is 5.71. The summed E-state index contributed by atoms with van der Waals surface area (Å²) in [6.45, 7) is 6.67. The first kappa shape index (κ1) is 66.6. The van der Waals surface area contributed by atoms with Gasteiger partial charge in [0.25, 0.3) is 0 Å². The van der Waals surface area contributed by atoms with Crippen LogP contribution in [0, 0.1) is 0 Å². The molecule has 6 nitrogen and oxygen atoms in total. The lowest BCUT2D eigenvalue weighted by Crippen LogP contribution is -2.30. The van der Waals surface area contributed by atoms with Crippen LogP contribution in [0.25, 0.3) is 0 Å². The Hall–Kier alpha value is -2.37. The van der Waals surface area contributed by atoms with E-state index in [1.807, 2.05) is 0 Å². The zero-order valence-electron chi connectivity index (χ0n) is 46.3. The summed E-state index contributed by atoms with van der Waals surface area (Å²) in [5.41, 5.74) is 0. The van der Waals surface area contributed by atoms with Crippen LogP contribution in [0.2, 0.25) is 0 Å². The van der Waals surface area contributed by atoms with Crippen LogP contribution in [-0.2, 0) is 28.6 Å². The predicted octanol–water partition coefficient (Wildman–Crippen LogP) is 20.4. The van der Waals surface area contributed by atoms with E-state index in [-0.39, 0.29) is 31.1 Å². The molecule has 6 heteroatoms. The molecular weight excluding hydrogens is 853 g/mol. The first-order valence-corrected chi connectivity index (χ1v) is 30.5. The lowest BCUT2D eigenvalue weighted by molar-refractivity contribution is -0.167. The Labute approximate surface area is 429 Å². The van der Waals surface area contributed by atoms with E-state index in [1.165, 1.54) is 212 Å². The molecule has 0 saturated carbocycles. The van der Waals surface area contributed by atoms with E-state index in [0.717, 1.165) is 77.0 Å². The van der Waals surface area contributed by atoms with Crippen molar-refractivity contribution in [3.8, 4) is 0 Å². The number of esters is 3. The van der Waals surface area contributed by atoms with E-state index < -0.39 is 6.10 Å². The second-order valence-corrected chi connectivity index (χ2v) is 20.6. The predicted molar refractivity (Wildman–Crippen MR) is 298 cm³/mol. The minimum absolute atomic E-state index is 0.0761. The number of hydrogen-bond donors (Lipinski definition) is 0. The third kappa shape index (κ3) is 56.4. The average Bonchev–Trinajstić information content (AvgIpc) is 3.35. The van der Waals surface area contributed by atoms with Crippen molar-refractivity contribution in [2.45, 2.75) is 335 Å². The van der Waals surface area contributed by atoms with Crippen molar-refractivity contribution in [3.05, 3.63) is 36.5 Å². The van der Waals surface area contributed by atoms with Crippen LogP contribution < -0.4 is 0 Å². The van der Waals surface area contributed by atoms with Gasteiger partial charge in [-0.25, -0.2) is 0 Å². The number of unbranched alkanes of at least 4 members (excludes halogenated alkanes) is 40. The molecule has 0 aliphatic rings. The fourth-order valence-electron chi connectivity index (χ4n) is 9.02. The summed E-state index contributed by atoms with van der Waals surface area (Å²) in [6.07, 6.45) is 69.9. The summed E-state index contributed by atoms with van der Waals surface area (Å²) in [4.78, 5) is 38.2. The largest absolute Gasteiger partial charge is 0.462 e. The van der Waals surface area contributed by atoms with E-state index in [4.69, 9.17) is 14.2 Å². The van der Waals surface area contributed by atoms with Gasteiger partial charge in [-0.2, -0.15) is 0 Å². The van der Waals surface area contributed by atoms with Crippen LogP contribution in [0.5, 0.6) is 0 Å². The van der Waals surface area contributed by atoms with E-state index in [0.29, 0.717) is 19.3 Å². The van der Waals surface area contributed by atoms with Gasteiger partial charge in [-0.3, -0.25) is 14.4 Å². The van der Waals surface area contributed by atoms with Gasteiger partial charge in [-0.15, -0.1) is 0 Å². The van der Waals surface area contributed by atoms with E-state index in [2.05, 4.69) is 57.2 Å². The average molecular weight is 970 g/mol. The smallest absolute Gasteiger partial charge is 0.306 e. The van der Waals surface area contributed by atoms with Crippen molar-refractivity contribution in [3.63, 3.8) is 0 Å². The van der Waals surface area contributed by atoms with Crippen molar-refractivity contribution in [1.29, 1.82) is 0 Å². The van der Waals surface area contributed by atoms with E-state index in [9.17, 15) is 14.4 Å². The van der Waals surface area contributed by atoms with Gasteiger partial charge in [0.05, 0.1) is 0 Å². The number of hydrogen-bond acceptors (Lipinski definition) is 6. The summed E-state index contributed by atoms with van der Waals surface area (Å²) >= 11 is 0. The van der Waals surface area contributed by atoms with Gasteiger partial charge in [0.15, 0.2) is 6.10 Å². The summed E-state index contributed by atoms with van der Waals surface area (Å²) in [7, 11) is 0. The van der Waals surface area contributed by atoms with Crippen LogP contribution >= 0.6 is 0 Å². The van der Waals surface area contributed by atoms with Gasteiger partial charge in [0.2, 0.25) is 0 Å². The molecule has 0 aromatic carbocycles. The quantitative estimate of drug-likeness (QED) is 0.0199. The topological polar surface area (TPSA) is 78.9 Å². The molecule has 0 aliphatic heterocycles. The van der Waals surface area contributed by atoms with Crippen LogP contribution in [0.3, 0.4) is 0 Å². The lowest BCUT2D eigenvalue weighted by atomic mass is 10.0. The molecule has 0 aromatic rings. The summed E-state index contributed by atoms with van der Waals surface area (Å²) in [5.74, 6) is -0.876. The molecule has 69 heavy (non-hydrogen) atoms. The first-order valence-electron chi connectivity index (χ1n) is 30.5. The Bertz CT molecular complexity index is 1160. The highest BCUT2D eigenvalue weighted by Gasteiger charge is 2.19. The zero-order chi connectivity index (χ0) is 50.0. The maximum atomic E-state index is 12.9. The highest BCUT2D eigenvalue weighted by Crippen LogP contribution is 2.16. The molecular formula is C63H116O6. The maximum Gasteiger partial charge on any atom is 0.306 e. The molecule has 0 saturated heterocycles. The second kappa shape index (κ2) is 58.2. The van der Waals surface area contributed by atoms with Crippen LogP contribution in [-0.4, -0.2) is 37.2 Å². The third-order valence-corrected chi connectivity index (χ3v) is 13.6. The lowest BCUT2D eigenvalue weighted by Gasteiger charge is -2.18. The Balaban J connectivity index is 4.36. The molecule has 0 spiro atoms. The normalized spacial score (nSPS) is 12.2. The highest BCUT2D eigenvalue weighted by atomic mass is 16.6. The van der Waals surface area contributed by atoms with Gasteiger partial charge >= 0.3 is 17.9 Å². The van der Waals surface area contributed by atoms with Crippen molar-refractivity contribution in [1.82, 2.24) is 0 Å². The molecule has 0 fully saturated rings. The molecule has 0 amide bonds. The van der Waals surface area contributed by atoms with Crippen LogP contribution in [0.15, 0.2) is 36.5 Å². The van der Waals surface area contributed by atoms with Gasteiger partial charge in [-0.1, -0.05) is 276 Å². The SMILES string of the molecule is CCCCCCCCC/C=C\C=C/CCCCCCCC(=O)OC(COC(=O)CCCCCCCCC/C=C\CCCCCCCCCC)COC(=O)CCCCCCCCCCCCCCCC. The molecule has 404 valence electrons. The van der Waals surface area contributed by atoms with E-state index in [1.54, 1.807) is 0 Å². The molecule has 0 bridgehead atoms. The number of ether oxygens (including phenoxy) is 3. The molecule has 0 aliphatic carbocycles.